The molecule has 0 radical (unpaired) electrons. The number of hydrogen-bond acceptors (Lipinski definition) is 3. The van der Waals surface area contributed by atoms with Crippen molar-refractivity contribution in [1.82, 2.24) is 9.88 Å². The molecule has 2 rings (SSSR count). The Labute approximate surface area is 105 Å². The molecular weight excluding hydrogens is 232 g/mol. The third-order valence-corrected chi connectivity index (χ3v) is 3.46. The van der Waals surface area contributed by atoms with Crippen LogP contribution >= 0.6 is 0 Å². The molecule has 0 bridgehead atoms. The number of carbonyl (C=O) groups excluding carboxylic acids is 1. The number of rotatable bonds is 4. The second-order valence-electron chi connectivity index (χ2n) is 4.73. The first-order chi connectivity index (χ1) is 8.50. The summed E-state index contributed by atoms with van der Waals surface area (Å²) in [6.07, 6.45) is 3.68. The zero-order valence-corrected chi connectivity index (χ0v) is 10.5. The molecule has 1 saturated carbocycles. The van der Waals surface area contributed by atoms with Gasteiger partial charge in [-0.1, -0.05) is 0 Å². The molecule has 0 aliphatic heterocycles. The van der Waals surface area contributed by atoms with Gasteiger partial charge in [0.1, 0.15) is 5.69 Å². The number of carboxylic acid groups (broad SMARTS) is 1. The maximum absolute atomic E-state index is 12.2. The van der Waals surface area contributed by atoms with Gasteiger partial charge in [0.2, 0.25) is 0 Å². The highest BCUT2D eigenvalue weighted by atomic mass is 16.4. The van der Waals surface area contributed by atoms with Crippen molar-refractivity contribution < 1.29 is 14.7 Å². The van der Waals surface area contributed by atoms with Crippen LogP contribution < -0.4 is 0 Å². The highest BCUT2D eigenvalue weighted by Crippen LogP contribution is 2.35. The predicted octanol–water partition coefficient (Wildman–Crippen LogP) is 1.65. The molecule has 5 nitrogen and oxygen atoms in total. The summed E-state index contributed by atoms with van der Waals surface area (Å²) in [6.45, 7) is 2.02. The number of amides is 1. The molecule has 0 spiro atoms. The molecule has 1 aromatic rings. The minimum absolute atomic E-state index is 0.103. The third-order valence-electron chi connectivity index (χ3n) is 3.46. The molecule has 5 heteroatoms. The van der Waals surface area contributed by atoms with Gasteiger partial charge in [-0.05, 0) is 37.8 Å². The van der Waals surface area contributed by atoms with Crippen LogP contribution in [0.25, 0.3) is 0 Å². The minimum Gasteiger partial charge on any atom is -0.477 e. The average molecular weight is 248 g/mol. The lowest BCUT2D eigenvalue weighted by Crippen LogP contribution is -2.36. The van der Waals surface area contributed by atoms with Crippen LogP contribution in [0.1, 0.15) is 40.6 Å². The van der Waals surface area contributed by atoms with E-state index in [1.54, 1.807) is 18.0 Å². The summed E-state index contributed by atoms with van der Waals surface area (Å²) in [5, 5.41) is 8.85. The van der Waals surface area contributed by atoms with E-state index >= 15 is 0 Å². The molecule has 96 valence electrons. The lowest BCUT2D eigenvalue weighted by Gasteiger charge is -2.24. The summed E-state index contributed by atoms with van der Waals surface area (Å²) in [5.41, 5.74) is 0.269. The lowest BCUT2D eigenvalue weighted by molar-refractivity contribution is 0.0690. The van der Waals surface area contributed by atoms with E-state index in [9.17, 15) is 9.59 Å². The van der Waals surface area contributed by atoms with Crippen molar-refractivity contribution in [3.05, 3.63) is 29.6 Å². The summed E-state index contributed by atoms with van der Waals surface area (Å²) in [6, 6.07) is 3.06. The first-order valence-electron chi connectivity index (χ1n) is 5.97. The van der Waals surface area contributed by atoms with Gasteiger partial charge in [0.05, 0.1) is 0 Å². The van der Waals surface area contributed by atoms with Crippen molar-refractivity contribution in [3.8, 4) is 0 Å². The average Bonchev–Trinajstić information content (AvgIpc) is 3.20. The van der Waals surface area contributed by atoms with Crippen molar-refractivity contribution in [2.75, 3.05) is 7.05 Å². The third kappa shape index (κ3) is 2.50. The van der Waals surface area contributed by atoms with Gasteiger partial charge in [-0.3, -0.25) is 4.79 Å². The lowest BCUT2D eigenvalue weighted by atomic mass is 10.1. The Hall–Kier alpha value is -1.91. The molecule has 1 amide bonds. The number of aromatic carboxylic acids is 1. The molecule has 1 atom stereocenters. The molecule has 1 aliphatic carbocycles. The highest BCUT2D eigenvalue weighted by molar-refractivity contribution is 5.96. The summed E-state index contributed by atoms with van der Waals surface area (Å²) in [4.78, 5) is 28.4. The van der Waals surface area contributed by atoms with E-state index < -0.39 is 5.97 Å². The van der Waals surface area contributed by atoms with E-state index in [1.807, 2.05) is 6.92 Å². The number of hydrogen-bond donors (Lipinski definition) is 1. The molecule has 18 heavy (non-hydrogen) atoms. The monoisotopic (exact) mass is 248 g/mol. The maximum atomic E-state index is 12.2. The van der Waals surface area contributed by atoms with Gasteiger partial charge in [0.15, 0.2) is 0 Å². The molecule has 0 saturated heterocycles. The van der Waals surface area contributed by atoms with Crippen molar-refractivity contribution in [1.29, 1.82) is 0 Å². The molecule has 1 fully saturated rings. The van der Waals surface area contributed by atoms with Crippen molar-refractivity contribution in [2.45, 2.75) is 25.8 Å². The van der Waals surface area contributed by atoms with Crippen LogP contribution in [0.2, 0.25) is 0 Å². The van der Waals surface area contributed by atoms with Crippen molar-refractivity contribution in [2.24, 2.45) is 5.92 Å². The van der Waals surface area contributed by atoms with Crippen LogP contribution in [-0.4, -0.2) is 40.0 Å². The Bertz CT molecular complexity index is 483. The quantitative estimate of drug-likeness (QED) is 0.879. The second kappa shape index (κ2) is 4.76. The molecule has 0 aromatic carbocycles. The molecule has 1 heterocycles. The number of carboxylic acids is 1. The standard InChI is InChI=1S/C13H16N2O3/c1-8(9-3-4-9)15(2)12(16)10-5-6-14-11(7-10)13(17)18/h5-9H,3-4H2,1-2H3,(H,17,18). The first kappa shape index (κ1) is 12.5. The van der Waals surface area contributed by atoms with Gasteiger partial charge in [0.25, 0.3) is 5.91 Å². The van der Waals surface area contributed by atoms with Crippen LogP contribution in [0.4, 0.5) is 0 Å². The summed E-state index contributed by atoms with van der Waals surface area (Å²) >= 11 is 0. The SMILES string of the molecule is CC(C1CC1)N(C)C(=O)c1ccnc(C(=O)O)c1. The predicted molar refractivity (Wildman–Crippen MR) is 65.5 cm³/mol. The fraction of sp³-hybridized carbons (Fsp3) is 0.462. The minimum atomic E-state index is -1.12. The Morgan fingerprint density at radius 3 is 2.72 bits per heavy atom. The van der Waals surface area contributed by atoms with Gasteiger partial charge in [0, 0.05) is 24.8 Å². The van der Waals surface area contributed by atoms with E-state index in [-0.39, 0.29) is 17.6 Å². The van der Waals surface area contributed by atoms with Gasteiger partial charge in [-0.2, -0.15) is 0 Å². The molecule has 1 aliphatic rings. The molecule has 1 aromatic heterocycles. The number of pyridine rings is 1. The van der Waals surface area contributed by atoms with E-state index in [4.69, 9.17) is 5.11 Å². The van der Waals surface area contributed by atoms with Crippen LogP contribution in [0.3, 0.4) is 0 Å². The van der Waals surface area contributed by atoms with Gasteiger partial charge in [-0.15, -0.1) is 0 Å². The van der Waals surface area contributed by atoms with Gasteiger partial charge >= 0.3 is 5.97 Å². The summed E-state index contributed by atoms with van der Waals surface area (Å²) in [5.74, 6) is -0.693. The molecule has 1 N–H and O–H groups in total. The summed E-state index contributed by atoms with van der Waals surface area (Å²) in [7, 11) is 1.76. The van der Waals surface area contributed by atoms with E-state index in [0.29, 0.717) is 11.5 Å². The smallest absolute Gasteiger partial charge is 0.354 e. The Balaban J connectivity index is 2.17. The van der Waals surface area contributed by atoms with Crippen molar-refractivity contribution >= 4 is 11.9 Å². The summed E-state index contributed by atoms with van der Waals surface area (Å²) < 4.78 is 0. The Morgan fingerprint density at radius 1 is 1.50 bits per heavy atom. The maximum Gasteiger partial charge on any atom is 0.354 e. The van der Waals surface area contributed by atoms with Crippen LogP contribution in [0, 0.1) is 5.92 Å². The topological polar surface area (TPSA) is 70.5 Å². The number of carbonyl (C=O) groups is 2. The normalized spacial score (nSPS) is 16.1. The van der Waals surface area contributed by atoms with E-state index in [2.05, 4.69) is 4.98 Å². The molecular formula is C13H16N2O3. The molecule has 1 unspecified atom stereocenters. The Kier molecular flexibility index (Phi) is 3.32. The van der Waals surface area contributed by atoms with Gasteiger partial charge in [-0.25, -0.2) is 9.78 Å². The second-order valence-corrected chi connectivity index (χ2v) is 4.73. The largest absolute Gasteiger partial charge is 0.477 e. The van der Waals surface area contributed by atoms with Crippen LogP contribution in [0.5, 0.6) is 0 Å². The zero-order valence-electron chi connectivity index (χ0n) is 10.5. The van der Waals surface area contributed by atoms with Crippen LogP contribution in [-0.2, 0) is 0 Å². The fourth-order valence-corrected chi connectivity index (χ4v) is 1.96. The Morgan fingerprint density at radius 2 is 2.17 bits per heavy atom. The number of aromatic nitrogens is 1. The van der Waals surface area contributed by atoms with E-state index in [1.165, 1.54) is 12.3 Å². The number of nitrogens with zero attached hydrogens (tertiary/aromatic N) is 2. The van der Waals surface area contributed by atoms with Crippen molar-refractivity contribution in [3.63, 3.8) is 0 Å². The zero-order chi connectivity index (χ0) is 13.3. The van der Waals surface area contributed by atoms with Gasteiger partial charge < -0.3 is 10.0 Å². The fourth-order valence-electron chi connectivity index (χ4n) is 1.96. The van der Waals surface area contributed by atoms with Crippen LogP contribution in [0.15, 0.2) is 18.3 Å². The first-order valence-corrected chi connectivity index (χ1v) is 5.97. The van der Waals surface area contributed by atoms with E-state index in [0.717, 1.165) is 12.8 Å². The highest BCUT2D eigenvalue weighted by Gasteiger charge is 2.32.